The van der Waals surface area contributed by atoms with Gasteiger partial charge in [-0.05, 0) is 36.8 Å². The molecule has 92 valence electrons. The van der Waals surface area contributed by atoms with Gasteiger partial charge in [-0.25, -0.2) is 0 Å². The molecule has 0 fully saturated rings. The zero-order chi connectivity index (χ0) is 13.1. The highest BCUT2D eigenvalue weighted by Crippen LogP contribution is 2.25. The van der Waals surface area contributed by atoms with Gasteiger partial charge in [0.05, 0.1) is 10.7 Å². The number of carbonyl (C=O) groups excluding carboxylic acids is 1. The molecule has 1 amide bonds. The predicted molar refractivity (Wildman–Crippen MR) is 72.2 cm³/mol. The minimum atomic E-state index is -0.307. The van der Waals surface area contributed by atoms with Crippen LogP contribution in [-0.4, -0.2) is 11.0 Å². The van der Waals surface area contributed by atoms with E-state index in [4.69, 9.17) is 11.6 Å². The molecule has 18 heavy (non-hydrogen) atoms. The van der Waals surface area contributed by atoms with E-state index in [1.165, 1.54) is 12.1 Å². The third kappa shape index (κ3) is 2.63. The Kier molecular flexibility index (Phi) is 3.53. The van der Waals surface area contributed by atoms with Crippen molar-refractivity contribution in [2.24, 2.45) is 0 Å². The molecule has 0 radical (unpaired) electrons. The lowest BCUT2D eigenvalue weighted by Gasteiger charge is -2.09. The fourth-order valence-electron chi connectivity index (χ4n) is 1.59. The van der Waals surface area contributed by atoms with Crippen LogP contribution in [0.15, 0.2) is 42.5 Å². The second kappa shape index (κ2) is 5.10. The van der Waals surface area contributed by atoms with Gasteiger partial charge in [-0.1, -0.05) is 29.8 Å². The number of anilines is 1. The molecule has 0 spiro atoms. The summed E-state index contributed by atoms with van der Waals surface area (Å²) in [6, 6.07) is 11.6. The van der Waals surface area contributed by atoms with E-state index in [0.717, 1.165) is 5.56 Å². The summed E-state index contributed by atoms with van der Waals surface area (Å²) in [4.78, 5) is 11.9. The molecule has 2 N–H and O–H groups in total. The maximum Gasteiger partial charge on any atom is 0.255 e. The number of amides is 1. The second-order valence-electron chi connectivity index (χ2n) is 3.94. The summed E-state index contributed by atoms with van der Waals surface area (Å²) < 4.78 is 0. The molecule has 0 atom stereocenters. The summed E-state index contributed by atoms with van der Waals surface area (Å²) in [6.07, 6.45) is 0. The molecule has 0 heterocycles. The normalized spacial score (nSPS) is 10.1. The minimum absolute atomic E-state index is 0.0537. The number of benzene rings is 2. The standard InChI is InChI=1S/C14H12ClNO2/c1-9-4-2-7-12(13(9)15)16-14(18)10-5-3-6-11(17)8-10/h2-8,17H,1H3,(H,16,18). The number of hydrogen-bond acceptors (Lipinski definition) is 2. The molecule has 2 aromatic rings. The summed E-state index contributed by atoms with van der Waals surface area (Å²) in [5.41, 5.74) is 1.84. The smallest absolute Gasteiger partial charge is 0.255 e. The molecule has 0 aromatic heterocycles. The Hall–Kier alpha value is -2.00. The third-order valence-electron chi connectivity index (χ3n) is 2.55. The number of carbonyl (C=O) groups is 1. The molecule has 0 aliphatic rings. The molecule has 0 saturated carbocycles. The molecule has 2 aromatic carbocycles. The van der Waals surface area contributed by atoms with Crippen molar-refractivity contribution in [2.45, 2.75) is 6.92 Å². The lowest BCUT2D eigenvalue weighted by molar-refractivity contribution is 0.102. The number of halogens is 1. The Labute approximate surface area is 110 Å². The van der Waals surface area contributed by atoms with E-state index in [-0.39, 0.29) is 11.7 Å². The molecule has 4 heteroatoms. The van der Waals surface area contributed by atoms with Gasteiger partial charge in [-0.15, -0.1) is 0 Å². The maximum atomic E-state index is 11.9. The predicted octanol–water partition coefficient (Wildman–Crippen LogP) is 3.61. The molecule has 0 bridgehead atoms. The van der Waals surface area contributed by atoms with Crippen LogP contribution in [0.4, 0.5) is 5.69 Å². The van der Waals surface area contributed by atoms with E-state index in [1.54, 1.807) is 18.2 Å². The first-order chi connectivity index (χ1) is 8.58. The number of hydrogen-bond donors (Lipinski definition) is 2. The van der Waals surface area contributed by atoms with Gasteiger partial charge in [-0.2, -0.15) is 0 Å². The van der Waals surface area contributed by atoms with Gasteiger partial charge in [0.25, 0.3) is 5.91 Å². The number of aromatic hydroxyl groups is 1. The van der Waals surface area contributed by atoms with Crippen LogP contribution in [0.3, 0.4) is 0 Å². The Morgan fingerprint density at radius 1 is 1.22 bits per heavy atom. The van der Waals surface area contributed by atoms with Crippen LogP contribution in [0.1, 0.15) is 15.9 Å². The zero-order valence-corrected chi connectivity index (χ0v) is 10.5. The maximum absolute atomic E-state index is 11.9. The van der Waals surface area contributed by atoms with Crippen molar-refractivity contribution in [1.82, 2.24) is 0 Å². The summed E-state index contributed by atoms with van der Waals surface area (Å²) >= 11 is 6.09. The fourth-order valence-corrected chi connectivity index (χ4v) is 1.76. The monoisotopic (exact) mass is 261 g/mol. The van der Waals surface area contributed by atoms with Crippen LogP contribution in [-0.2, 0) is 0 Å². The summed E-state index contributed by atoms with van der Waals surface area (Å²) in [5.74, 6) is -0.253. The Morgan fingerprint density at radius 2 is 1.94 bits per heavy atom. The molecule has 0 aliphatic carbocycles. The lowest BCUT2D eigenvalue weighted by Crippen LogP contribution is -2.12. The molecule has 0 unspecified atom stereocenters. The Balaban J connectivity index is 2.24. The minimum Gasteiger partial charge on any atom is -0.508 e. The van der Waals surface area contributed by atoms with E-state index in [0.29, 0.717) is 16.3 Å². The quantitative estimate of drug-likeness (QED) is 0.868. The van der Waals surface area contributed by atoms with E-state index in [2.05, 4.69) is 5.32 Å². The SMILES string of the molecule is Cc1cccc(NC(=O)c2cccc(O)c2)c1Cl. The van der Waals surface area contributed by atoms with Gasteiger partial charge in [0.15, 0.2) is 0 Å². The first-order valence-corrected chi connectivity index (χ1v) is 5.81. The van der Waals surface area contributed by atoms with E-state index >= 15 is 0 Å². The van der Waals surface area contributed by atoms with Crippen molar-refractivity contribution < 1.29 is 9.90 Å². The summed E-state index contributed by atoms with van der Waals surface area (Å²) in [5, 5.41) is 12.6. The van der Waals surface area contributed by atoms with Crippen LogP contribution in [0.25, 0.3) is 0 Å². The number of phenolic OH excluding ortho intramolecular Hbond substituents is 1. The van der Waals surface area contributed by atoms with Crippen molar-refractivity contribution in [2.75, 3.05) is 5.32 Å². The fraction of sp³-hybridized carbons (Fsp3) is 0.0714. The second-order valence-corrected chi connectivity index (χ2v) is 4.32. The van der Waals surface area contributed by atoms with Crippen molar-refractivity contribution in [3.8, 4) is 5.75 Å². The average molecular weight is 262 g/mol. The van der Waals surface area contributed by atoms with Crippen molar-refractivity contribution in [3.05, 3.63) is 58.6 Å². The van der Waals surface area contributed by atoms with Gasteiger partial charge in [0.1, 0.15) is 5.75 Å². The third-order valence-corrected chi connectivity index (χ3v) is 3.05. The van der Waals surface area contributed by atoms with Crippen molar-refractivity contribution in [1.29, 1.82) is 0 Å². The molecule has 2 rings (SSSR count). The lowest BCUT2D eigenvalue weighted by atomic mass is 10.2. The van der Waals surface area contributed by atoms with Crippen LogP contribution in [0.2, 0.25) is 5.02 Å². The number of aryl methyl sites for hydroxylation is 1. The van der Waals surface area contributed by atoms with Gasteiger partial charge in [-0.3, -0.25) is 4.79 Å². The molecular weight excluding hydrogens is 250 g/mol. The first kappa shape index (κ1) is 12.5. The highest BCUT2D eigenvalue weighted by Gasteiger charge is 2.09. The van der Waals surface area contributed by atoms with E-state index in [9.17, 15) is 9.90 Å². The van der Waals surface area contributed by atoms with Gasteiger partial charge in [0.2, 0.25) is 0 Å². The average Bonchev–Trinajstić information content (AvgIpc) is 2.35. The highest BCUT2D eigenvalue weighted by molar-refractivity contribution is 6.34. The largest absolute Gasteiger partial charge is 0.508 e. The van der Waals surface area contributed by atoms with Crippen molar-refractivity contribution in [3.63, 3.8) is 0 Å². The van der Waals surface area contributed by atoms with Crippen molar-refractivity contribution >= 4 is 23.2 Å². The molecule has 3 nitrogen and oxygen atoms in total. The zero-order valence-electron chi connectivity index (χ0n) is 9.77. The summed E-state index contributed by atoms with van der Waals surface area (Å²) in [7, 11) is 0. The Morgan fingerprint density at radius 3 is 2.67 bits per heavy atom. The van der Waals surface area contributed by atoms with E-state index < -0.39 is 0 Å². The first-order valence-electron chi connectivity index (χ1n) is 5.43. The van der Waals surface area contributed by atoms with E-state index in [1.807, 2.05) is 19.1 Å². The van der Waals surface area contributed by atoms with Crippen LogP contribution < -0.4 is 5.32 Å². The van der Waals surface area contributed by atoms with Crippen LogP contribution in [0.5, 0.6) is 5.75 Å². The molecular formula is C14H12ClNO2. The number of nitrogens with one attached hydrogen (secondary N) is 1. The highest BCUT2D eigenvalue weighted by atomic mass is 35.5. The van der Waals surface area contributed by atoms with Gasteiger partial charge >= 0.3 is 0 Å². The van der Waals surface area contributed by atoms with Crippen LogP contribution in [0, 0.1) is 6.92 Å². The van der Waals surface area contributed by atoms with Gasteiger partial charge in [0, 0.05) is 5.56 Å². The number of phenols is 1. The Bertz CT molecular complexity index is 596. The topological polar surface area (TPSA) is 49.3 Å². The van der Waals surface area contributed by atoms with Crippen LogP contribution >= 0.6 is 11.6 Å². The van der Waals surface area contributed by atoms with Gasteiger partial charge < -0.3 is 10.4 Å². The molecule has 0 aliphatic heterocycles. The summed E-state index contributed by atoms with van der Waals surface area (Å²) in [6.45, 7) is 1.87. The molecule has 0 saturated heterocycles. The number of rotatable bonds is 2.